The molecule has 4 nitrogen and oxygen atoms in total. The standard InChI is InChI=1S/C10H19N3OS/c1-7-8(10(2,6-11)14-5)15-9(12-7)13(3)4/h6,11H2,1-5H3. The van der Waals surface area contributed by atoms with Crippen LogP contribution in [0, 0.1) is 6.92 Å². The molecule has 0 saturated heterocycles. The van der Waals surface area contributed by atoms with Crippen LogP contribution >= 0.6 is 11.3 Å². The van der Waals surface area contributed by atoms with E-state index in [1.807, 2.05) is 32.8 Å². The molecule has 15 heavy (non-hydrogen) atoms. The fourth-order valence-corrected chi connectivity index (χ4v) is 2.46. The number of nitrogens with two attached hydrogens (primary N) is 1. The van der Waals surface area contributed by atoms with Crippen molar-refractivity contribution in [3.05, 3.63) is 10.6 Å². The quantitative estimate of drug-likeness (QED) is 0.846. The lowest BCUT2D eigenvalue weighted by Gasteiger charge is -2.25. The third kappa shape index (κ3) is 2.30. The minimum Gasteiger partial charge on any atom is -0.372 e. The number of rotatable bonds is 4. The van der Waals surface area contributed by atoms with Gasteiger partial charge in [-0.1, -0.05) is 11.3 Å². The molecule has 0 spiro atoms. The molecule has 0 saturated carbocycles. The molecule has 0 fully saturated rings. The summed E-state index contributed by atoms with van der Waals surface area (Å²) in [7, 11) is 5.64. The average molecular weight is 229 g/mol. The summed E-state index contributed by atoms with van der Waals surface area (Å²) in [5, 5.41) is 0.985. The van der Waals surface area contributed by atoms with Crippen LogP contribution in [0.15, 0.2) is 0 Å². The third-order valence-corrected chi connectivity index (χ3v) is 4.06. The summed E-state index contributed by atoms with van der Waals surface area (Å²) in [6.45, 7) is 4.44. The monoisotopic (exact) mass is 229 g/mol. The van der Waals surface area contributed by atoms with Gasteiger partial charge in [-0.25, -0.2) is 4.98 Å². The Balaban J connectivity index is 3.14. The van der Waals surface area contributed by atoms with Crippen LogP contribution < -0.4 is 10.6 Å². The molecule has 0 aliphatic heterocycles. The Hall–Kier alpha value is -0.650. The average Bonchev–Trinajstić information content (AvgIpc) is 2.60. The molecule has 0 aliphatic carbocycles. The maximum absolute atomic E-state index is 5.74. The van der Waals surface area contributed by atoms with E-state index in [0.717, 1.165) is 15.7 Å². The highest BCUT2D eigenvalue weighted by molar-refractivity contribution is 7.15. The van der Waals surface area contributed by atoms with E-state index in [1.54, 1.807) is 18.4 Å². The van der Waals surface area contributed by atoms with Crippen molar-refractivity contribution in [1.29, 1.82) is 0 Å². The van der Waals surface area contributed by atoms with E-state index in [1.165, 1.54) is 0 Å². The van der Waals surface area contributed by atoms with Crippen molar-refractivity contribution in [3.8, 4) is 0 Å². The van der Waals surface area contributed by atoms with Gasteiger partial charge in [-0.15, -0.1) is 0 Å². The topological polar surface area (TPSA) is 51.4 Å². The maximum atomic E-state index is 5.74. The van der Waals surface area contributed by atoms with Crippen LogP contribution in [0.2, 0.25) is 0 Å². The Bertz CT molecular complexity index is 331. The molecule has 0 aromatic carbocycles. The van der Waals surface area contributed by atoms with Crippen molar-refractivity contribution in [1.82, 2.24) is 4.98 Å². The Morgan fingerprint density at radius 1 is 1.53 bits per heavy atom. The molecule has 1 rings (SSSR count). The molecule has 1 aromatic rings. The first-order valence-corrected chi connectivity index (χ1v) is 5.66. The Morgan fingerprint density at radius 3 is 2.47 bits per heavy atom. The van der Waals surface area contributed by atoms with Crippen molar-refractivity contribution in [3.63, 3.8) is 0 Å². The Morgan fingerprint density at radius 2 is 2.13 bits per heavy atom. The summed E-state index contributed by atoms with van der Waals surface area (Å²) in [6, 6.07) is 0. The van der Waals surface area contributed by atoms with Gasteiger partial charge in [0.1, 0.15) is 5.60 Å². The summed E-state index contributed by atoms with van der Waals surface area (Å²) in [5.74, 6) is 0. The van der Waals surface area contributed by atoms with Gasteiger partial charge in [0.25, 0.3) is 0 Å². The summed E-state index contributed by atoms with van der Waals surface area (Å²) < 4.78 is 5.47. The predicted octanol–water partition coefficient (Wildman–Crippen LogP) is 1.34. The fraction of sp³-hybridized carbons (Fsp3) is 0.700. The summed E-state index contributed by atoms with van der Waals surface area (Å²) in [5.41, 5.74) is 6.32. The van der Waals surface area contributed by atoms with Gasteiger partial charge in [0.15, 0.2) is 5.13 Å². The van der Waals surface area contributed by atoms with Crippen LogP contribution in [0.4, 0.5) is 5.13 Å². The van der Waals surface area contributed by atoms with E-state index in [2.05, 4.69) is 4.98 Å². The minimum absolute atomic E-state index is 0.421. The van der Waals surface area contributed by atoms with Crippen molar-refractivity contribution < 1.29 is 4.74 Å². The number of thiazole rings is 1. The molecule has 1 aromatic heterocycles. The Labute approximate surface area is 95.1 Å². The minimum atomic E-state index is -0.421. The third-order valence-electron chi connectivity index (χ3n) is 2.49. The summed E-state index contributed by atoms with van der Waals surface area (Å²) in [6.07, 6.45) is 0. The first-order valence-electron chi connectivity index (χ1n) is 4.85. The van der Waals surface area contributed by atoms with Gasteiger partial charge in [-0.05, 0) is 13.8 Å². The van der Waals surface area contributed by atoms with Crippen LogP contribution in [0.25, 0.3) is 0 Å². The van der Waals surface area contributed by atoms with Crippen LogP contribution in [0.3, 0.4) is 0 Å². The van der Waals surface area contributed by atoms with Crippen molar-refractivity contribution in [2.75, 3.05) is 32.6 Å². The van der Waals surface area contributed by atoms with Gasteiger partial charge in [-0.3, -0.25) is 0 Å². The number of nitrogens with zero attached hydrogens (tertiary/aromatic N) is 2. The molecule has 0 bridgehead atoms. The maximum Gasteiger partial charge on any atom is 0.185 e. The van der Waals surface area contributed by atoms with Crippen LogP contribution in [0.1, 0.15) is 17.5 Å². The summed E-state index contributed by atoms with van der Waals surface area (Å²) in [4.78, 5) is 7.58. The molecule has 0 aliphatic rings. The zero-order chi connectivity index (χ0) is 11.6. The molecule has 2 N–H and O–H groups in total. The van der Waals surface area contributed by atoms with Gasteiger partial charge in [0, 0.05) is 27.7 Å². The SMILES string of the molecule is COC(C)(CN)c1sc(N(C)C)nc1C. The lowest BCUT2D eigenvalue weighted by atomic mass is 10.0. The molecule has 1 heterocycles. The second-order valence-corrected chi connectivity index (χ2v) is 4.92. The normalized spacial score (nSPS) is 15.1. The van der Waals surface area contributed by atoms with Gasteiger partial charge in [0.05, 0.1) is 10.6 Å². The Kier molecular flexibility index (Phi) is 3.70. The van der Waals surface area contributed by atoms with Crippen molar-refractivity contribution in [2.45, 2.75) is 19.4 Å². The van der Waals surface area contributed by atoms with Crippen LogP contribution in [-0.4, -0.2) is 32.7 Å². The van der Waals surface area contributed by atoms with E-state index in [0.29, 0.717) is 6.54 Å². The number of hydrogen-bond acceptors (Lipinski definition) is 5. The first-order chi connectivity index (χ1) is 6.94. The highest BCUT2D eigenvalue weighted by atomic mass is 32.1. The lowest BCUT2D eigenvalue weighted by Crippen LogP contribution is -2.33. The number of methoxy groups -OCH3 is 1. The summed E-state index contributed by atoms with van der Waals surface area (Å²) >= 11 is 1.63. The fourth-order valence-electron chi connectivity index (χ4n) is 1.33. The van der Waals surface area contributed by atoms with Crippen LogP contribution in [-0.2, 0) is 10.3 Å². The molecule has 1 atom stereocenters. The number of hydrogen-bond donors (Lipinski definition) is 1. The molecular weight excluding hydrogens is 210 g/mol. The zero-order valence-electron chi connectivity index (χ0n) is 10.00. The van der Waals surface area contributed by atoms with E-state index in [9.17, 15) is 0 Å². The molecular formula is C10H19N3OS. The van der Waals surface area contributed by atoms with Crippen molar-refractivity contribution in [2.24, 2.45) is 5.73 Å². The molecule has 0 radical (unpaired) electrons. The second-order valence-electron chi connectivity index (χ2n) is 3.94. The molecule has 86 valence electrons. The van der Waals surface area contributed by atoms with E-state index >= 15 is 0 Å². The van der Waals surface area contributed by atoms with E-state index < -0.39 is 5.60 Å². The van der Waals surface area contributed by atoms with Gasteiger partial charge >= 0.3 is 0 Å². The van der Waals surface area contributed by atoms with E-state index in [-0.39, 0.29) is 0 Å². The smallest absolute Gasteiger partial charge is 0.185 e. The highest BCUT2D eigenvalue weighted by Gasteiger charge is 2.29. The van der Waals surface area contributed by atoms with E-state index in [4.69, 9.17) is 10.5 Å². The molecule has 5 heteroatoms. The largest absolute Gasteiger partial charge is 0.372 e. The number of anilines is 1. The highest BCUT2D eigenvalue weighted by Crippen LogP contribution is 2.34. The lowest BCUT2D eigenvalue weighted by molar-refractivity contribution is 0.0126. The molecule has 1 unspecified atom stereocenters. The number of aryl methyl sites for hydroxylation is 1. The van der Waals surface area contributed by atoms with Gasteiger partial charge in [-0.2, -0.15) is 0 Å². The molecule has 0 amide bonds. The zero-order valence-corrected chi connectivity index (χ0v) is 10.8. The first kappa shape index (κ1) is 12.4. The number of aromatic nitrogens is 1. The van der Waals surface area contributed by atoms with Crippen molar-refractivity contribution >= 4 is 16.5 Å². The van der Waals surface area contributed by atoms with Gasteiger partial charge in [0.2, 0.25) is 0 Å². The van der Waals surface area contributed by atoms with Crippen LogP contribution in [0.5, 0.6) is 0 Å². The second kappa shape index (κ2) is 4.47. The predicted molar refractivity (Wildman–Crippen MR) is 64.6 cm³/mol. The van der Waals surface area contributed by atoms with Gasteiger partial charge < -0.3 is 15.4 Å². The number of ether oxygens (including phenoxy) is 1.